The van der Waals surface area contributed by atoms with Gasteiger partial charge in [0.25, 0.3) is 0 Å². The molecule has 1 N–H and O–H groups in total. The molecular formula is C67H130O5. The number of carbonyl (C=O) groups excluding carboxylic acids is 2. The molecule has 0 fully saturated rings. The van der Waals surface area contributed by atoms with Crippen LogP contribution in [0.15, 0.2) is 12.2 Å². The third kappa shape index (κ3) is 61.2. The number of esters is 2. The Labute approximate surface area is 451 Å². The maximum atomic E-state index is 12.3. The Morgan fingerprint density at radius 1 is 0.306 bits per heavy atom. The van der Waals surface area contributed by atoms with E-state index < -0.39 is 6.10 Å². The van der Waals surface area contributed by atoms with E-state index in [-0.39, 0.29) is 25.2 Å². The van der Waals surface area contributed by atoms with Gasteiger partial charge in [0.1, 0.15) is 6.61 Å². The number of hydrogen-bond donors (Lipinski definition) is 1. The Bertz CT molecular complexity index is 1060. The maximum Gasteiger partial charge on any atom is 0.306 e. The predicted molar refractivity (Wildman–Crippen MR) is 316 cm³/mol. The normalized spacial score (nSPS) is 12.1. The molecule has 0 radical (unpaired) electrons. The van der Waals surface area contributed by atoms with Crippen molar-refractivity contribution in [3.8, 4) is 0 Å². The summed E-state index contributed by atoms with van der Waals surface area (Å²) in [6.07, 6.45) is 81.0. The van der Waals surface area contributed by atoms with Gasteiger partial charge in [0.15, 0.2) is 6.10 Å². The first kappa shape index (κ1) is 70.6. The van der Waals surface area contributed by atoms with Gasteiger partial charge in [-0.05, 0) is 38.5 Å². The van der Waals surface area contributed by atoms with Crippen molar-refractivity contribution in [3.63, 3.8) is 0 Å². The highest BCUT2D eigenvalue weighted by atomic mass is 16.6. The average Bonchev–Trinajstić information content (AvgIpc) is 3.38. The van der Waals surface area contributed by atoms with E-state index in [1.807, 2.05) is 0 Å². The van der Waals surface area contributed by atoms with Gasteiger partial charge in [0.2, 0.25) is 0 Å². The molecule has 0 saturated carbocycles. The van der Waals surface area contributed by atoms with E-state index in [2.05, 4.69) is 26.0 Å². The van der Waals surface area contributed by atoms with Crippen molar-refractivity contribution in [1.29, 1.82) is 0 Å². The van der Waals surface area contributed by atoms with Gasteiger partial charge in [-0.15, -0.1) is 0 Å². The lowest BCUT2D eigenvalue weighted by Crippen LogP contribution is -2.28. The van der Waals surface area contributed by atoms with Crippen LogP contribution >= 0.6 is 0 Å². The van der Waals surface area contributed by atoms with Gasteiger partial charge in [-0.3, -0.25) is 9.59 Å². The molecule has 0 spiro atoms. The molecular weight excluding hydrogens is 885 g/mol. The summed E-state index contributed by atoms with van der Waals surface area (Å²) in [5.41, 5.74) is 0. The van der Waals surface area contributed by atoms with Gasteiger partial charge < -0.3 is 14.6 Å². The SMILES string of the molecule is CCCCCCCCCC/C=C\CCCCCCCCCCCCCCCCCCCCCC(=O)OC(CO)COC(=O)CCCCCCCCCCCCCCCCCCCCCCCCCCCCC. The number of ether oxygens (including phenoxy) is 2. The van der Waals surface area contributed by atoms with Crippen molar-refractivity contribution >= 4 is 11.9 Å². The summed E-state index contributed by atoms with van der Waals surface area (Å²) >= 11 is 0. The Morgan fingerprint density at radius 3 is 0.750 bits per heavy atom. The van der Waals surface area contributed by atoms with E-state index in [9.17, 15) is 14.7 Å². The first-order valence-corrected chi connectivity index (χ1v) is 33.2. The molecule has 0 aromatic rings. The third-order valence-corrected chi connectivity index (χ3v) is 15.6. The number of carbonyl (C=O) groups is 2. The topological polar surface area (TPSA) is 72.8 Å². The van der Waals surface area contributed by atoms with Gasteiger partial charge >= 0.3 is 11.9 Å². The van der Waals surface area contributed by atoms with E-state index >= 15 is 0 Å². The van der Waals surface area contributed by atoms with E-state index in [0.717, 1.165) is 32.1 Å². The second-order valence-electron chi connectivity index (χ2n) is 22.9. The Hall–Kier alpha value is -1.36. The number of unbranched alkanes of at least 4 members (excludes halogenated alkanes) is 53. The van der Waals surface area contributed by atoms with Gasteiger partial charge in [0, 0.05) is 12.8 Å². The van der Waals surface area contributed by atoms with Crippen molar-refractivity contribution in [2.45, 2.75) is 392 Å². The summed E-state index contributed by atoms with van der Waals surface area (Å²) in [7, 11) is 0. The molecule has 0 aromatic heterocycles. The van der Waals surface area contributed by atoms with Crippen LogP contribution in [0.1, 0.15) is 386 Å². The highest BCUT2D eigenvalue weighted by Gasteiger charge is 2.16. The molecule has 0 aliphatic heterocycles. The number of rotatable bonds is 63. The van der Waals surface area contributed by atoms with Crippen molar-refractivity contribution in [1.82, 2.24) is 0 Å². The van der Waals surface area contributed by atoms with Crippen LogP contribution in [0.2, 0.25) is 0 Å². The van der Waals surface area contributed by atoms with Crippen LogP contribution in [-0.4, -0.2) is 36.4 Å². The van der Waals surface area contributed by atoms with Crippen molar-refractivity contribution in [2.75, 3.05) is 13.2 Å². The number of aliphatic hydroxyl groups excluding tert-OH is 1. The predicted octanol–water partition coefficient (Wildman–Crippen LogP) is 22.7. The first-order chi connectivity index (χ1) is 35.6. The number of hydrogen-bond acceptors (Lipinski definition) is 5. The minimum atomic E-state index is -0.767. The molecule has 0 amide bonds. The fourth-order valence-electron chi connectivity index (χ4n) is 10.6. The monoisotopic (exact) mass is 1010 g/mol. The molecule has 0 bridgehead atoms. The van der Waals surface area contributed by atoms with Crippen molar-refractivity contribution in [3.05, 3.63) is 12.2 Å². The Kier molecular flexibility index (Phi) is 62.7. The lowest BCUT2D eigenvalue weighted by atomic mass is 10.0. The quantitative estimate of drug-likeness (QED) is 0.0373. The molecule has 0 heterocycles. The molecule has 5 heteroatoms. The summed E-state index contributed by atoms with van der Waals surface area (Å²) < 4.78 is 10.8. The van der Waals surface area contributed by atoms with Crippen molar-refractivity contribution < 1.29 is 24.2 Å². The van der Waals surface area contributed by atoms with Gasteiger partial charge in [-0.2, -0.15) is 0 Å². The summed E-state index contributed by atoms with van der Waals surface area (Å²) in [5, 5.41) is 9.69. The zero-order valence-corrected chi connectivity index (χ0v) is 49.2. The highest BCUT2D eigenvalue weighted by molar-refractivity contribution is 5.70. The fourth-order valence-corrected chi connectivity index (χ4v) is 10.6. The highest BCUT2D eigenvalue weighted by Crippen LogP contribution is 2.19. The van der Waals surface area contributed by atoms with E-state index in [1.165, 1.54) is 327 Å². The van der Waals surface area contributed by atoms with Gasteiger partial charge in [-0.1, -0.05) is 347 Å². The van der Waals surface area contributed by atoms with Crippen LogP contribution in [0.25, 0.3) is 0 Å². The van der Waals surface area contributed by atoms with Gasteiger partial charge in [-0.25, -0.2) is 0 Å². The third-order valence-electron chi connectivity index (χ3n) is 15.6. The standard InChI is InChI=1S/C67H130O5/c1-3-5-7-9-11-13-15-17-19-21-23-25-27-29-31-32-33-34-36-38-40-42-44-46-48-50-52-54-56-58-60-62-67(70)72-65(63-68)64-71-66(69)61-59-57-55-53-51-49-47-45-43-41-39-37-35-30-28-26-24-22-20-18-16-14-12-10-8-6-4-2/h21,23,65,68H,3-20,22,24-64H2,1-2H3/b23-21-. The molecule has 1 atom stereocenters. The minimum absolute atomic E-state index is 0.0568. The van der Waals surface area contributed by atoms with Crippen LogP contribution in [0, 0.1) is 0 Å². The molecule has 0 saturated heterocycles. The lowest BCUT2D eigenvalue weighted by molar-refractivity contribution is -0.161. The molecule has 428 valence electrons. The number of aliphatic hydroxyl groups is 1. The zero-order chi connectivity index (χ0) is 52.0. The summed E-state index contributed by atoms with van der Waals surface area (Å²) in [6, 6.07) is 0. The molecule has 0 rings (SSSR count). The van der Waals surface area contributed by atoms with Crippen LogP contribution in [-0.2, 0) is 19.1 Å². The zero-order valence-electron chi connectivity index (χ0n) is 49.2. The first-order valence-electron chi connectivity index (χ1n) is 33.2. The van der Waals surface area contributed by atoms with Crippen LogP contribution in [0.4, 0.5) is 0 Å². The molecule has 0 aliphatic carbocycles. The van der Waals surface area contributed by atoms with Crippen molar-refractivity contribution in [2.24, 2.45) is 0 Å². The Balaban J connectivity index is 3.37. The smallest absolute Gasteiger partial charge is 0.306 e. The summed E-state index contributed by atoms with van der Waals surface area (Å²) in [4.78, 5) is 24.6. The maximum absolute atomic E-state index is 12.3. The molecule has 0 aliphatic rings. The molecule has 1 unspecified atom stereocenters. The van der Waals surface area contributed by atoms with Gasteiger partial charge in [0.05, 0.1) is 6.61 Å². The van der Waals surface area contributed by atoms with E-state index in [4.69, 9.17) is 9.47 Å². The van der Waals surface area contributed by atoms with E-state index in [1.54, 1.807) is 0 Å². The minimum Gasteiger partial charge on any atom is -0.462 e. The Morgan fingerprint density at radius 2 is 0.514 bits per heavy atom. The summed E-state index contributed by atoms with van der Waals surface area (Å²) in [5.74, 6) is -0.562. The largest absolute Gasteiger partial charge is 0.462 e. The number of allylic oxidation sites excluding steroid dienone is 2. The second kappa shape index (κ2) is 63.9. The van der Waals surface area contributed by atoms with Crippen LogP contribution < -0.4 is 0 Å². The molecule has 72 heavy (non-hydrogen) atoms. The van der Waals surface area contributed by atoms with E-state index in [0.29, 0.717) is 12.8 Å². The lowest BCUT2D eigenvalue weighted by Gasteiger charge is -2.15. The average molecular weight is 1020 g/mol. The fraction of sp³-hybridized carbons (Fsp3) is 0.940. The second-order valence-corrected chi connectivity index (χ2v) is 22.9. The van der Waals surface area contributed by atoms with Crippen LogP contribution in [0.3, 0.4) is 0 Å². The summed E-state index contributed by atoms with van der Waals surface area (Å²) in [6.45, 7) is 4.21. The van der Waals surface area contributed by atoms with Crippen LogP contribution in [0.5, 0.6) is 0 Å². The molecule has 5 nitrogen and oxygen atoms in total. The molecule has 0 aromatic carbocycles.